The summed E-state index contributed by atoms with van der Waals surface area (Å²) in [4.78, 5) is 25.9. The number of morpholine rings is 1. The molecule has 4 unspecified atom stereocenters. The highest BCUT2D eigenvalue weighted by atomic mass is 16.5. The second kappa shape index (κ2) is 4.63. The lowest BCUT2D eigenvalue weighted by atomic mass is 9.82. The Bertz CT molecular complexity index is 433. The summed E-state index contributed by atoms with van der Waals surface area (Å²) in [5, 5.41) is 9.39. The number of carboxylic acids is 1. The standard InChI is InChI=1S/C14H19NO4/c1-8-7-19-5-4-15(8)13(16)11-9-2-3-10(6-9)12(11)14(17)18/h2-3,8-12H,4-7H2,1H3,(H,17,18)/t8-,9?,10?,11?,12?/m1/s1. The minimum absolute atomic E-state index is 0.0000463. The van der Waals surface area contributed by atoms with Crippen molar-refractivity contribution >= 4 is 11.9 Å². The first-order chi connectivity index (χ1) is 9.09. The van der Waals surface area contributed by atoms with Gasteiger partial charge in [-0.25, -0.2) is 0 Å². The third-order valence-corrected chi connectivity index (χ3v) is 4.68. The van der Waals surface area contributed by atoms with Crippen molar-refractivity contribution in [2.24, 2.45) is 23.7 Å². The molecule has 1 saturated heterocycles. The van der Waals surface area contributed by atoms with Gasteiger partial charge in [0.15, 0.2) is 0 Å². The first-order valence-corrected chi connectivity index (χ1v) is 6.89. The molecule has 5 atom stereocenters. The zero-order valence-corrected chi connectivity index (χ0v) is 11.0. The highest BCUT2D eigenvalue weighted by molar-refractivity contribution is 5.87. The molecule has 2 bridgehead atoms. The summed E-state index contributed by atoms with van der Waals surface area (Å²) in [5.41, 5.74) is 0. The van der Waals surface area contributed by atoms with E-state index in [1.165, 1.54) is 0 Å². The average Bonchev–Trinajstić information content (AvgIpc) is 2.98. The number of allylic oxidation sites excluding steroid dienone is 2. The predicted octanol–water partition coefficient (Wildman–Crippen LogP) is 0.757. The highest BCUT2D eigenvalue weighted by Gasteiger charge is 2.53. The maximum atomic E-state index is 12.7. The van der Waals surface area contributed by atoms with E-state index in [1.807, 2.05) is 19.1 Å². The van der Waals surface area contributed by atoms with Gasteiger partial charge in [0.25, 0.3) is 0 Å². The van der Waals surface area contributed by atoms with Gasteiger partial charge in [-0.2, -0.15) is 0 Å². The van der Waals surface area contributed by atoms with Crippen LogP contribution in [0.2, 0.25) is 0 Å². The molecule has 104 valence electrons. The van der Waals surface area contributed by atoms with Gasteiger partial charge < -0.3 is 14.7 Å². The zero-order chi connectivity index (χ0) is 13.6. The van der Waals surface area contributed by atoms with Gasteiger partial charge in [-0.1, -0.05) is 12.2 Å². The summed E-state index contributed by atoms with van der Waals surface area (Å²) in [6, 6.07) is 0.0406. The SMILES string of the molecule is C[C@@H]1COCCN1C(=O)C1C2C=CC(C2)C1C(=O)O. The van der Waals surface area contributed by atoms with Crippen molar-refractivity contribution in [3.63, 3.8) is 0 Å². The number of ether oxygens (including phenoxy) is 1. The molecule has 2 fully saturated rings. The maximum absolute atomic E-state index is 12.7. The number of rotatable bonds is 2. The van der Waals surface area contributed by atoms with Crippen molar-refractivity contribution in [3.8, 4) is 0 Å². The molecule has 1 aliphatic heterocycles. The number of carboxylic acid groups (broad SMARTS) is 1. The minimum atomic E-state index is -0.837. The lowest BCUT2D eigenvalue weighted by molar-refractivity contribution is -0.154. The van der Waals surface area contributed by atoms with Gasteiger partial charge in [-0.15, -0.1) is 0 Å². The molecule has 3 aliphatic rings. The smallest absolute Gasteiger partial charge is 0.307 e. The number of nitrogens with zero attached hydrogens (tertiary/aromatic N) is 1. The molecule has 0 spiro atoms. The lowest BCUT2D eigenvalue weighted by Gasteiger charge is -2.37. The van der Waals surface area contributed by atoms with E-state index in [0.717, 1.165) is 6.42 Å². The Hall–Kier alpha value is -1.36. The maximum Gasteiger partial charge on any atom is 0.307 e. The number of amides is 1. The van der Waals surface area contributed by atoms with Gasteiger partial charge in [0.05, 0.1) is 31.1 Å². The van der Waals surface area contributed by atoms with Crippen molar-refractivity contribution < 1.29 is 19.4 Å². The highest BCUT2D eigenvalue weighted by Crippen LogP contribution is 2.49. The van der Waals surface area contributed by atoms with Crippen molar-refractivity contribution in [1.82, 2.24) is 4.90 Å². The van der Waals surface area contributed by atoms with Crippen molar-refractivity contribution in [3.05, 3.63) is 12.2 Å². The first kappa shape index (κ1) is 12.7. The molecule has 5 nitrogen and oxygen atoms in total. The fourth-order valence-corrected chi connectivity index (χ4v) is 3.74. The van der Waals surface area contributed by atoms with Crippen LogP contribution in [-0.4, -0.2) is 47.7 Å². The van der Waals surface area contributed by atoms with Crippen LogP contribution in [0.1, 0.15) is 13.3 Å². The molecule has 1 amide bonds. The first-order valence-electron chi connectivity index (χ1n) is 6.89. The second-order valence-corrected chi connectivity index (χ2v) is 5.79. The third kappa shape index (κ3) is 1.96. The van der Waals surface area contributed by atoms with Crippen LogP contribution in [0.25, 0.3) is 0 Å². The zero-order valence-electron chi connectivity index (χ0n) is 11.0. The molecule has 3 rings (SSSR count). The predicted molar refractivity (Wildman–Crippen MR) is 67.3 cm³/mol. The molecule has 0 aromatic rings. The number of hydrogen-bond donors (Lipinski definition) is 1. The van der Waals surface area contributed by atoms with Crippen LogP contribution in [0.3, 0.4) is 0 Å². The van der Waals surface area contributed by atoms with Crippen LogP contribution >= 0.6 is 0 Å². The van der Waals surface area contributed by atoms with E-state index in [2.05, 4.69) is 0 Å². The van der Waals surface area contributed by atoms with Gasteiger partial charge in [-0.3, -0.25) is 9.59 Å². The number of hydrogen-bond acceptors (Lipinski definition) is 3. The normalized spacial score (nSPS) is 40.7. The molecule has 1 saturated carbocycles. The Morgan fingerprint density at radius 2 is 1.95 bits per heavy atom. The fraction of sp³-hybridized carbons (Fsp3) is 0.714. The summed E-state index contributed by atoms with van der Waals surface area (Å²) >= 11 is 0. The van der Waals surface area contributed by atoms with Gasteiger partial charge in [-0.05, 0) is 25.2 Å². The minimum Gasteiger partial charge on any atom is -0.481 e. The molecule has 1 N–H and O–H groups in total. The Labute approximate surface area is 112 Å². The van der Waals surface area contributed by atoms with Crippen LogP contribution in [0.4, 0.5) is 0 Å². The van der Waals surface area contributed by atoms with E-state index < -0.39 is 11.9 Å². The molecule has 2 aliphatic carbocycles. The van der Waals surface area contributed by atoms with Gasteiger partial charge in [0.1, 0.15) is 0 Å². The van der Waals surface area contributed by atoms with Crippen LogP contribution in [-0.2, 0) is 14.3 Å². The van der Waals surface area contributed by atoms with Crippen molar-refractivity contribution in [1.29, 1.82) is 0 Å². The fourth-order valence-electron chi connectivity index (χ4n) is 3.74. The van der Waals surface area contributed by atoms with E-state index >= 15 is 0 Å². The second-order valence-electron chi connectivity index (χ2n) is 5.79. The van der Waals surface area contributed by atoms with Crippen molar-refractivity contribution in [2.75, 3.05) is 19.8 Å². The van der Waals surface area contributed by atoms with Gasteiger partial charge in [0, 0.05) is 6.54 Å². The lowest BCUT2D eigenvalue weighted by Crippen LogP contribution is -2.51. The van der Waals surface area contributed by atoms with Gasteiger partial charge in [0.2, 0.25) is 5.91 Å². The van der Waals surface area contributed by atoms with Crippen LogP contribution < -0.4 is 0 Å². The summed E-state index contributed by atoms with van der Waals surface area (Å²) in [5.74, 6) is -1.62. The van der Waals surface area contributed by atoms with E-state index in [0.29, 0.717) is 19.8 Å². The molecule has 19 heavy (non-hydrogen) atoms. The molecule has 0 aromatic heterocycles. The Balaban J connectivity index is 1.82. The van der Waals surface area contributed by atoms with Crippen LogP contribution in [0, 0.1) is 23.7 Å². The topological polar surface area (TPSA) is 66.8 Å². The van der Waals surface area contributed by atoms with E-state index in [4.69, 9.17) is 4.74 Å². The van der Waals surface area contributed by atoms with Crippen LogP contribution in [0.5, 0.6) is 0 Å². The summed E-state index contributed by atoms with van der Waals surface area (Å²) in [6.45, 7) is 3.62. The average molecular weight is 265 g/mol. The number of carbonyl (C=O) groups excluding carboxylic acids is 1. The molecular formula is C14H19NO4. The van der Waals surface area contributed by atoms with E-state index in [9.17, 15) is 14.7 Å². The number of carbonyl (C=O) groups is 2. The number of aliphatic carboxylic acids is 1. The van der Waals surface area contributed by atoms with Gasteiger partial charge >= 0.3 is 5.97 Å². The van der Waals surface area contributed by atoms with E-state index in [1.54, 1.807) is 4.90 Å². The molecule has 0 aromatic carbocycles. The molecule has 0 radical (unpaired) electrons. The van der Waals surface area contributed by atoms with E-state index in [-0.39, 0.29) is 29.7 Å². The Kier molecular flexibility index (Phi) is 3.09. The monoisotopic (exact) mass is 265 g/mol. The third-order valence-electron chi connectivity index (χ3n) is 4.68. The summed E-state index contributed by atoms with van der Waals surface area (Å²) in [6.07, 6.45) is 4.81. The molecule has 5 heteroatoms. The summed E-state index contributed by atoms with van der Waals surface area (Å²) < 4.78 is 5.34. The number of fused-ring (bicyclic) bond motifs is 2. The molecule has 1 heterocycles. The van der Waals surface area contributed by atoms with Crippen LogP contribution in [0.15, 0.2) is 12.2 Å². The summed E-state index contributed by atoms with van der Waals surface area (Å²) in [7, 11) is 0. The van der Waals surface area contributed by atoms with Crippen molar-refractivity contribution in [2.45, 2.75) is 19.4 Å². The Morgan fingerprint density at radius 1 is 1.26 bits per heavy atom. The quantitative estimate of drug-likeness (QED) is 0.748. The Morgan fingerprint density at radius 3 is 2.58 bits per heavy atom. The largest absolute Gasteiger partial charge is 0.481 e. The molecular weight excluding hydrogens is 246 g/mol.